The van der Waals surface area contributed by atoms with Crippen LogP contribution >= 0.6 is 23.4 Å². The van der Waals surface area contributed by atoms with Gasteiger partial charge in [-0.3, -0.25) is 0 Å². The lowest BCUT2D eigenvalue weighted by Crippen LogP contribution is -2.21. The quantitative estimate of drug-likeness (QED) is 0.779. The highest BCUT2D eigenvalue weighted by atomic mass is 35.5. The van der Waals surface area contributed by atoms with Gasteiger partial charge in [0, 0.05) is 11.9 Å². The largest absolute Gasteiger partial charge is 0.317 e. The van der Waals surface area contributed by atoms with Crippen molar-refractivity contribution in [3.8, 4) is 0 Å². The molecule has 0 saturated carbocycles. The number of rotatable bonds is 6. The summed E-state index contributed by atoms with van der Waals surface area (Å²) >= 11 is 7.54. The van der Waals surface area contributed by atoms with E-state index in [4.69, 9.17) is 11.6 Å². The molecule has 1 N–H and O–H groups in total. The van der Waals surface area contributed by atoms with E-state index in [9.17, 15) is 0 Å². The smallest absolute Gasteiger partial charge is 0.0961 e. The Labute approximate surface area is 101 Å². The van der Waals surface area contributed by atoms with E-state index in [1.165, 1.54) is 0 Å². The number of nitrogens with zero attached hydrogens (tertiary/aromatic N) is 1. The molecular formula is C11H17ClN2S. The highest BCUT2D eigenvalue weighted by molar-refractivity contribution is 7.99. The van der Waals surface area contributed by atoms with Crippen molar-refractivity contribution in [3.63, 3.8) is 0 Å². The first-order valence-electron chi connectivity index (χ1n) is 5.17. The number of nitrogens with one attached hydrogen (secondary N) is 1. The third kappa shape index (κ3) is 5.40. The molecule has 1 aromatic heterocycles. The Bertz CT molecular complexity index is 276. The summed E-state index contributed by atoms with van der Waals surface area (Å²) in [5, 5.41) is 5.08. The van der Waals surface area contributed by atoms with Crippen molar-refractivity contribution < 1.29 is 0 Å². The number of halogens is 1. The highest BCUT2D eigenvalue weighted by Gasteiger charge is 2.03. The summed E-state index contributed by atoms with van der Waals surface area (Å²) in [5.41, 5.74) is 0. The average Bonchev–Trinajstić information content (AvgIpc) is 2.25. The van der Waals surface area contributed by atoms with Crippen LogP contribution < -0.4 is 5.32 Å². The summed E-state index contributed by atoms with van der Waals surface area (Å²) in [6, 6.07) is 3.85. The lowest BCUT2D eigenvalue weighted by molar-refractivity contribution is 0.573. The van der Waals surface area contributed by atoms with Gasteiger partial charge in [-0.05, 0) is 31.1 Å². The topological polar surface area (TPSA) is 24.9 Å². The molecule has 1 atom stereocenters. The van der Waals surface area contributed by atoms with Crippen LogP contribution in [-0.4, -0.2) is 23.8 Å². The van der Waals surface area contributed by atoms with E-state index in [0.29, 0.717) is 10.9 Å². The number of hydrogen-bond acceptors (Lipinski definition) is 3. The van der Waals surface area contributed by atoms with Crippen molar-refractivity contribution in [1.29, 1.82) is 0 Å². The van der Waals surface area contributed by atoms with Gasteiger partial charge in [-0.1, -0.05) is 25.4 Å². The molecule has 0 bridgehead atoms. The van der Waals surface area contributed by atoms with Gasteiger partial charge in [0.2, 0.25) is 0 Å². The van der Waals surface area contributed by atoms with Gasteiger partial charge in [0.1, 0.15) is 0 Å². The van der Waals surface area contributed by atoms with Gasteiger partial charge in [-0.25, -0.2) is 4.98 Å². The molecule has 2 nitrogen and oxygen atoms in total. The molecule has 0 aliphatic heterocycles. The van der Waals surface area contributed by atoms with Gasteiger partial charge >= 0.3 is 0 Å². The van der Waals surface area contributed by atoms with Crippen molar-refractivity contribution in [1.82, 2.24) is 10.3 Å². The van der Waals surface area contributed by atoms with Crippen LogP contribution in [0, 0.1) is 5.92 Å². The van der Waals surface area contributed by atoms with E-state index in [1.54, 1.807) is 18.0 Å². The van der Waals surface area contributed by atoms with Crippen LogP contribution in [0.15, 0.2) is 23.4 Å². The van der Waals surface area contributed by atoms with Gasteiger partial charge in [-0.15, -0.1) is 11.8 Å². The molecule has 1 rings (SSSR count). The van der Waals surface area contributed by atoms with Crippen LogP contribution in [0.1, 0.15) is 13.8 Å². The molecule has 0 aliphatic carbocycles. The fourth-order valence-electron chi connectivity index (χ4n) is 1.12. The number of hydrogen-bond donors (Lipinski definition) is 1. The molecule has 0 saturated heterocycles. The molecule has 0 amide bonds. The summed E-state index contributed by atoms with van der Waals surface area (Å²) in [4.78, 5) is 4.24. The minimum absolute atomic E-state index is 0.660. The minimum atomic E-state index is 0.660. The van der Waals surface area contributed by atoms with Gasteiger partial charge in [0.15, 0.2) is 0 Å². The van der Waals surface area contributed by atoms with Gasteiger partial charge in [-0.2, -0.15) is 0 Å². The Morgan fingerprint density at radius 3 is 2.93 bits per heavy atom. The molecule has 0 fully saturated rings. The van der Waals surface area contributed by atoms with Crippen LogP contribution in [0.25, 0.3) is 0 Å². The first-order valence-corrected chi connectivity index (χ1v) is 6.53. The van der Waals surface area contributed by atoms with Crippen LogP contribution in [0.2, 0.25) is 5.02 Å². The molecule has 0 radical (unpaired) electrons. The Morgan fingerprint density at radius 2 is 2.33 bits per heavy atom. The van der Waals surface area contributed by atoms with Gasteiger partial charge < -0.3 is 5.32 Å². The first kappa shape index (κ1) is 12.8. The molecule has 4 heteroatoms. The van der Waals surface area contributed by atoms with Gasteiger partial charge in [0.25, 0.3) is 0 Å². The SMILES string of the molecule is CCNCC(C)CSc1ccc(Cl)cn1. The monoisotopic (exact) mass is 244 g/mol. The normalized spacial score (nSPS) is 12.7. The Kier molecular flexibility index (Phi) is 6.06. The summed E-state index contributed by atoms with van der Waals surface area (Å²) < 4.78 is 0. The first-order chi connectivity index (χ1) is 7.22. The second-order valence-corrected chi connectivity index (χ2v) is 5.02. The molecule has 84 valence electrons. The van der Waals surface area contributed by atoms with E-state index in [2.05, 4.69) is 24.1 Å². The van der Waals surface area contributed by atoms with Crippen molar-refractivity contribution in [2.24, 2.45) is 5.92 Å². The second kappa shape index (κ2) is 7.09. The molecule has 1 aromatic rings. The molecule has 15 heavy (non-hydrogen) atoms. The molecule has 0 spiro atoms. The minimum Gasteiger partial charge on any atom is -0.317 e. The van der Waals surface area contributed by atoms with Crippen molar-refractivity contribution in [2.75, 3.05) is 18.8 Å². The van der Waals surface area contributed by atoms with Crippen molar-refractivity contribution in [3.05, 3.63) is 23.4 Å². The fourth-order valence-corrected chi connectivity index (χ4v) is 2.10. The maximum Gasteiger partial charge on any atom is 0.0961 e. The summed E-state index contributed by atoms with van der Waals surface area (Å²) in [5.74, 6) is 1.74. The van der Waals surface area contributed by atoms with E-state index < -0.39 is 0 Å². The molecule has 1 heterocycles. The highest BCUT2D eigenvalue weighted by Crippen LogP contribution is 2.19. The van der Waals surface area contributed by atoms with E-state index in [1.807, 2.05) is 12.1 Å². The Hall–Kier alpha value is -0.250. The maximum absolute atomic E-state index is 5.76. The molecule has 0 aliphatic rings. The lowest BCUT2D eigenvalue weighted by atomic mass is 10.2. The molecule has 1 unspecified atom stereocenters. The van der Waals surface area contributed by atoms with Crippen molar-refractivity contribution in [2.45, 2.75) is 18.9 Å². The Morgan fingerprint density at radius 1 is 1.53 bits per heavy atom. The third-order valence-corrected chi connectivity index (χ3v) is 3.46. The van der Waals surface area contributed by atoms with Crippen LogP contribution in [0.4, 0.5) is 0 Å². The molecule has 0 aromatic carbocycles. The van der Waals surface area contributed by atoms with Crippen molar-refractivity contribution >= 4 is 23.4 Å². The van der Waals surface area contributed by atoms with E-state index in [0.717, 1.165) is 23.9 Å². The summed E-state index contributed by atoms with van der Waals surface area (Å²) in [7, 11) is 0. The second-order valence-electron chi connectivity index (χ2n) is 3.54. The number of pyridine rings is 1. The summed E-state index contributed by atoms with van der Waals surface area (Å²) in [6.45, 7) is 6.47. The Balaban J connectivity index is 2.27. The number of thioether (sulfide) groups is 1. The molecular weight excluding hydrogens is 228 g/mol. The fraction of sp³-hybridized carbons (Fsp3) is 0.545. The maximum atomic E-state index is 5.76. The zero-order valence-electron chi connectivity index (χ0n) is 9.16. The lowest BCUT2D eigenvalue weighted by Gasteiger charge is -2.10. The zero-order chi connectivity index (χ0) is 11.1. The van der Waals surface area contributed by atoms with Crippen LogP contribution in [0.5, 0.6) is 0 Å². The number of aromatic nitrogens is 1. The predicted molar refractivity (Wildman–Crippen MR) is 67.7 cm³/mol. The standard InChI is InChI=1S/C11H17ClN2S/c1-3-13-6-9(2)8-15-11-5-4-10(12)7-14-11/h4-5,7,9,13H,3,6,8H2,1-2H3. The van der Waals surface area contributed by atoms with Gasteiger partial charge in [0.05, 0.1) is 10.0 Å². The zero-order valence-corrected chi connectivity index (χ0v) is 10.7. The van der Waals surface area contributed by atoms with Crippen LogP contribution in [-0.2, 0) is 0 Å². The van der Waals surface area contributed by atoms with E-state index >= 15 is 0 Å². The average molecular weight is 245 g/mol. The summed E-state index contributed by atoms with van der Waals surface area (Å²) in [6.07, 6.45) is 1.69. The van der Waals surface area contributed by atoms with Crippen LogP contribution in [0.3, 0.4) is 0 Å². The third-order valence-electron chi connectivity index (χ3n) is 1.96. The predicted octanol–water partition coefficient (Wildman–Crippen LogP) is 3.07. The van der Waals surface area contributed by atoms with E-state index in [-0.39, 0.29) is 0 Å².